The molecule has 1 aliphatic rings. The Balaban J connectivity index is 2.08. The molecular formula is C11H10FO. The zero-order valence-electron chi connectivity index (χ0n) is 7.16. The number of hydrogen-bond acceptors (Lipinski definition) is 1. The molecule has 1 saturated carbocycles. The molecule has 2 rings (SSSR count). The van der Waals surface area contributed by atoms with Gasteiger partial charge in [0.15, 0.2) is 0 Å². The number of rotatable bonds is 3. The predicted molar refractivity (Wildman–Crippen MR) is 47.5 cm³/mol. The molecule has 1 aromatic carbocycles. The van der Waals surface area contributed by atoms with Gasteiger partial charge in [0.05, 0.1) is 6.42 Å². The van der Waals surface area contributed by atoms with E-state index >= 15 is 0 Å². The van der Waals surface area contributed by atoms with Crippen LogP contribution in [-0.2, 0) is 4.79 Å². The highest BCUT2D eigenvalue weighted by molar-refractivity contribution is 5.94. The van der Waals surface area contributed by atoms with Gasteiger partial charge >= 0.3 is 0 Å². The van der Waals surface area contributed by atoms with Crippen LogP contribution in [0.5, 0.6) is 0 Å². The van der Waals surface area contributed by atoms with Gasteiger partial charge in [0.1, 0.15) is 11.6 Å². The monoisotopic (exact) mass is 177 g/mol. The number of Topliss-reactive ketones (excluding diaryl/α,β-unsaturated/α-hetero) is 1. The van der Waals surface area contributed by atoms with Crippen molar-refractivity contribution in [2.45, 2.75) is 12.8 Å². The fourth-order valence-electron chi connectivity index (χ4n) is 1.23. The van der Waals surface area contributed by atoms with E-state index in [9.17, 15) is 9.18 Å². The number of carbonyl (C=O) groups excluding carboxylic acids is 1. The summed E-state index contributed by atoms with van der Waals surface area (Å²) < 4.78 is 13.1. The highest BCUT2D eigenvalue weighted by atomic mass is 19.1. The zero-order valence-corrected chi connectivity index (χ0v) is 7.16. The largest absolute Gasteiger partial charge is 0.299 e. The van der Waals surface area contributed by atoms with Crippen LogP contribution in [0.3, 0.4) is 0 Å². The van der Waals surface area contributed by atoms with Crippen LogP contribution in [0.2, 0.25) is 0 Å². The lowest BCUT2D eigenvalue weighted by molar-refractivity contribution is -0.116. The Hall–Kier alpha value is -1.18. The molecule has 0 saturated heterocycles. The summed E-state index contributed by atoms with van der Waals surface area (Å²) in [6.45, 7) is 0. The van der Waals surface area contributed by atoms with Gasteiger partial charge in [0.25, 0.3) is 0 Å². The quantitative estimate of drug-likeness (QED) is 0.692. The first-order chi connectivity index (χ1) is 6.27. The van der Waals surface area contributed by atoms with Crippen molar-refractivity contribution in [1.82, 2.24) is 0 Å². The fourth-order valence-corrected chi connectivity index (χ4v) is 1.23. The lowest BCUT2D eigenvalue weighted by atomic mass is 10.1. The van der Waals surface area contributed by atoms with Crippen LogP contribution in [-0.4, -0.2) is 5.78 Å². The van der Waals surface area contributed by atoms with Gasteiger partial charge in [0, 0.05) is 5.92 Å². The molecule has 0 spiro atoms. The van der Waals surface area contributed by atoms with Gasteiger partial charge in [0.2, 0.25) is 0 Å². The molecular weight excluding hydrogens is 167 g/mol. The molecule has 0 aliphatic heterocycles. The first kappa shape index (κ1) is 8.42. The summed E-state index contributed by atoms with van der Waals surface area (Å²) >= 11 is 0. The van der Waals surface area contributed by atoms with E-state index in [1.54, 1.807) is 18.2 Å². The van der Waals surface area contributed by atoms with Crippen LogP contribution < -0.4 is 0 Å². The van der Waals surface area contributed by atoms with Crippen molar-refractivity contribution in [2.75, 3.05) is 0 Å². The molecule has 67 valence electrons. The summed E-state index contributed by atoms with van der Waals surface area (Å²) in [6.07, 6.45) is 3.33. The van der Waals surface area contributed by atoms with Crippen molar-refractivity contribution in [3.8, 4) is 0 Å². The normalized spacial score (nSPS) is 15.8. The lowest BCUT2D eigenvalue weighted by Crippen LogP contribution is -2.03. The smallest absolute Gasteiger partial charge is 0.144 e. The van der Waals surface area contributed by atoms with Gasteiger partial charge in [-0.25, -0.2) is 4.39 Å². The third-order valence-corrected chi connectivity index (χ3v) is 2.18. The molecule has 1 nitrogen and oxygen atoms in total. The average molecular weight is 177 g/mol. The number of hydrogen-bond donors (Lipinski definition) is 0. The molecule has 13 heavy (non-hydrogen) atoms. The van der Waals surface area contributed by atoms with Crippen molar-refractivity contribution in [3.63, 3.8) is 0 Å². The van der Waals surface area contributed by atoms with Crippen LogP contribution in [0.15, 0.2) is 24.3 Å². The third-order valence-electron chi connectivity index (χ3n) is 2.18. The minimum Gasteiger partial charge on any atom is -0.299 e. The molecule has 0 unspecified atom stereocenters. The molecule has 0 N–H and O–H groups in total. The minimum atomic E-state index is -0.323. The van der Waals surface area contributed by atoms with Crippen LogP contribution in [0.4, 0.5) is 4.39 Å². The lowest BCUT2D eigenvalue weighted by Gasteiger charge is -1.99. The Bertz CT molecular complexity index is 329. The summed E-state index contributed by atoms with van der Waals surface area (Å²) in [5.74, 6) is -0.0961. The number of ketones is 1. The summed E-state index contributed by atoms with van der Waals surface area (Å²) in [7, 11) is 0. The Morgan fingerprint density at radius 2 is 2.08 bits per heavy atom. The Labute approximate surface area is 76.6 Å². The second kappa shape index (κ2) is 3.29. The molecule has 0 bridgehead atoms. The van der Waals surface area contributed by atoms with Gasteiger partial charge in [-0.1, -0.05) is 18.2 Å². The van der Waals surface area contributed by atoms with Crippen molar-refractivity contribution in [1.29, 1.82) is 0 Å². The highest BCUT2D eigenvalue weighted by Gasteiger charge is 2.29. The van der Waals surface area contributed by atoms with Gasteiger partial charge in [-0.05, 0) is 24.5 Å². The summed E-state index contributed by atoms with van der Waals surface area (Å²) in [5.41, 5.74) is 0.402. The second-order valence-corrected chi connectivity index (χ2v) is 3.34. The number of benzene rings is 1. The Kier molecular flexibility index (Phi) is 2.13. The molecule has 2 heteroatoms. The summed E-state index contributed by atoms with van der Waals surface area (Å²) in [4.78, 5) is 11.3. The second-order valence-electron chi connectivity index (χ2n) is 3.34. The van der Waals surface area contributed by atoms with E-state index in [-0.39, 0.29) is 17.5 Å². The zero-order chi connectivity index (χ0) is 9.26. The molecule has 1 radical (unpaired) electrons. The van der Waals surface area contributed by atoms with Gasteiger partial charge in [-0.2, -0.15) is 0 Å². The van der Waals surface area contributed by atoms with E-state index in [0.717, 1.165) is 12.8 Å². The van der Waals surface area contributed by atoms with Crippen molar-refractivity contribution in [2.24, 2.45) is 5.92 Å². The molecule has 0 amide bonds. The fraction of sp³-hybridized carbons (Fsp3) is 0.273. The predicted octanol–water partition coefficient (Wildman–Crippen LogP) is 2.36. The minimum absolute atomic E-state index is 0.0603. The van der Waals surface area contributed by atoms with E-state index in [1.165, 1.54) is 12.5 Å². The van der Waals surface area contributed by atoms with E-state index < -0.39 is 0 Å². The molecule has 0 heterocycles. The molecule has 1 fully saturated rings. The molecule has 1 aliphatic carbocycles. The number of carbonyl (C=O) groups is 1. The standard InChI is InChI=1S/C11H10FO/c12-10-4-2-1-3-9(10)7-11(13)8-5-6-8/h1-4,7-8H,5-6H2. The summed E-state index contributed by atoms with van der Waals surface area (Å²) in [5, 5.41) is 0. The highest BCUT2D eigenvalue weighted by Crippen LogP contribution is 2.31. The van der Waals surface area contributed by atoms with Gasteiger partial charge < -0.3 is 0 Å². The third kappa shape index (κ3) is 1.94. The Morgan fingerprint density at radius 1 is 1.38 bits per heavy atom. The van der Waals surface area contributed by atoms with E-state index in [1.807, 2.05) is 0 Å². The first-order valence-electron chi connectivity index (χ1n) is 4.40. The van der Waals surface area contributed by atoms with E-state index in [0.29, 0.717) is 5.56 Å². The van der Waals surface area contributed by atoms with Gasteiger partial charge in [-0.3, -0.25) is 4.79 Å². The molecule has 1 aromatic rings. The van der Waals surface area contributed by atoms with Crippen molar-refractivity contribution < 1.29 is 9.18 Å². The number of halogens is 1. The topological polar surface area (TPSA) is 17.1 Å². The van der Waals surface area contributed by atoms with Crippen LogP contribution in [0.25, 0.3) is 0 Å². The first-order valence-corrected chi connectivity index (χ1v) is 4.40. The maximum atomic E-state index is 13.1. The van der Waals surface area contributed by atoms with Crippen LogP contribution >= 0.6 is 0 Å². The Morgan fingerprint density at radius 3 is 2.69 bits per heavy atom. The maximum Gasteiger partial charge on any atom is 0.144 e. The SMILES string of the molecule is O=C([CH]c1ccccc1F)C1CC1. The van der Waals surface area contributed by atoms with Crippen molar-refractivity contribution >= 4 is 5.78 Å². The van der Waals surface area contributed by atoms with Crippen LogP contribution in [0.1, 0.15) is 18.4 Å². The van der Waals surface area contributed by atoms with Crippen LogP contribution in [0, 0.1) is 18.2 Å². The van der Waals surface area contributed by atoms with E-state index in [2.05, 4.69) is 0 Å². The molecule has 0 atom stereocenters. The maximum absolute atomic E-state index is 13.1. The van der Waals surface area contributed by atoms with Crippen molar-refractivity contribution in [3.05, 3.63) is 42.1 Å². The molecule has 0 aromatic heterocycles. The summed E-state index contributed by atoms with van der Waals surface area (Å²) in [6, 6.07) is 6.34. The van der Waals surface area contributed by atoms with Gasteiger partial charge in [-0.15, -0.1) is 0 Å². The average Bonchev–Trinajstić information content (AvgIpc) is 2.91. The van der Waals surface area contributed by atoms with E-state index in [4.69, 9.17) is 0 Å².